The van der Waals surface area contributed by atoms with Gasteiger partial charge in [0.25, 0.3) is 0 Å². The van der Waals surface area contributed by atoms with Crippen LogP contribution in [-0.2, 0) is 16.1 Å². The molecule has 1 aromatic carbocycles. The molecular weight excluding hydrogens is 408 g/mol. The normalized spacial score (nSPS) is 30.8. The Hall–Kier alpha value is -1.96. The molecule has 4 aliphatic heterocycles. The van der Waals surface area contributed by atoms with Crippen LogP contribution in [0.3, 0.4) is 0 Å². The van der Waals surface area contributed by atoms with Gasteiger partial charge in [-0.05, 0) is 43.9 Å². The number of thiazole rings is 1. The average Bonchev–Trinajstić information content (AvgIpc) is 3.54. The summed E-state index contributed by atoms with van der Waals surface area (Å²) in [6.07, 6.45) is 5.27. The Morgan fingerprint density at radius 1 is 1.23 bits per heavy atom. The molecule has 1 spiro atoms. The van der Waals surface area contributed by atoms with Crippen LogP contribution in [0.25, 0.3) is 0 Å². The number of hydrogen-bond acceptors (Lipinski definition) is 6. The molecule has 1 amide bonds. The molecule has 5 heterocycles. The van der Waals surface area contributed by atoms with Gasteiger partial charge in [0.1, 0.15) is 5.54 Å². The molecule has 0 saturated carbocycles. The van der Waals surface area contributed by atoms with E-state index in [1.807, 2.05) is 11.3 Å². The molecule has 4 aliphatic rings. The first kappa shape index (κ1) is 19.7. The molecular formula is C24H30N4O2S. The van der Waals surface area contributed by atoms with Crippen LogP contribution in [0.1, 0.15) is 41.3 Å². The summed E-state index contributed by atoms with van der Waals surface area (Å²) in [5, 5.41) is 1.11. The van der Waals surface area contributed by atoms with Crippen LogP contribution in [0.5, 0.6) is 0 Å². The van der Waals surface area contributed by atoms with Gasteiger partial charge in [-0.1, -0.05) is 24.3 Å². The van der Waals surface area contributed by atoms with Gasteiger partial charge in [0, 0.05) is 49.2 Å². The Morgan fingerprint density at radius 2 is 2.06 bits per heavy atom. The second-order valence-electron chi connectivity index (χ2n) is 9.43. The van der Waals surface area contributed by atoms with E-state index in [4.69, 9.17) is 9.72 Å². The minimum absolute atomic E-state index is 0.281. The predicted octanol–water partition coefficient (Wildman–Crippen LogP) is 3.23. The smallest absolute Gasteiger partial charge is 0.243 e. The van der Waals surface area contributed by atoms with Crippen molar-refractivity contribution >= 4 is 22.4 Å². The quantitative estimate of drug-likeness (QED) is 0.734. The number of likely N-dealkylation sites (tertiary alicyclic amines) is 1. The van der Waals surface area contributed by atoms with E-state index in [1.165, 1.54) is 16.0 Å². The first-order valence-electron chi connectivity index (χ1n) is 11.6. The van der Waals surface area contributed by atoms with Crippen molar-refractivity contribution in [2.75, 3.05) is 44.3 Å². The Bertz CT molecular complexity index is 987. The van der Waals surface area contributed by atoms with E-state index in [9.17, 15) is 4.79 Å². The van der Waals surface area contributed by atoms with Crippen molar-refractivity contribution in [2.45, 2.75) is 44.3 Å². The van der Waals surface area contributed by atoms with Gasteiger partial charge in [0.2, 0.25) is 5.91 Å². The third-order valence-corrected chi connectivity index (χ3v) is 9.03. The van der Waals surface area contributed by atoms with E-state index in [0.29, 0.717) is 17.9 Å². The second kappa shape index (κ2) is 7.57. The highest BCUT2D eigenvalue weighted by Gasteiger charge is 2.65. The molecule has 0 N–H and O–H groups in total. The number of carbonyl (C=O) groups excluding carboxylic acids is 1. The number of nitrogens with zero attached hydrogens (tertiary/aromatic N) is 4. The second-order valence-corrected chi connectivity index (χ2v) is 10.5. The minimum Gasteiger partial charge on any atom is -0.378 e. The highest BCUT2D eigenvalue weighted by atomic mass is 32.1. The van der Waals surface area contributed by atoms with Gasteiger partial charge in [0.05, 0.1) is 13.2 Å². The highest BCUT2D eigenvalue weighted by molar-refractivity contribution is 7.15. The van der Waals surface area contributed by atoms with Crippen molar-refractivity contribution in [3.8, 4) is 0 Å². The maximum atomic E-state index is 13.8. The fraction of sp³-hybridized carbons (Fsp3) is 0.583. The maximum Gasteiger partial charge on any atom is 0.243 e. The molecule has 0 aliphatic carbocycles. The summed E-state index contributed by atoms with van der Waals surface area (Å²) >= 11 is 1.82. The van der Waals surface area contributed by atoms with Crippen molar-refractivity contribution in [1.29, 1.82) is 0 Å². The minimum atomic E-state index is -0.281. The molecule has 0 unspecified atom stereocenters. The van der Waals surface area contributed by atoms with Gasteiger partial charge in [-0.3, -0.25) is 9.69 Å². The third kappa shape index (κ3) is 3.04. The molecule has 6 rings (SSSR count). The molecule has 4 fully saturated rings. The lowest BCUT2D eigenvalue weighted by atomic mass is 9.85. The standard InChI is InChI=1S/C24H30N4O2S/c1-17-5-2-3-6-18(17)15-27-16-19-13-20(28-8-4-7-24(19,28)22(27)29)21-14-25-23(31-21)26-9-11-30-12-10-26/h2-3,5-6,14,19-20H,4,7-13,15-16H2,1H3/t19-,20-,24-/m0/s1. The van der Waals surface area contributed by atoms with E-state index in [2.05, 4.69) is 52.1 Å². The number of aromatic nitrogens is 1. The number of rotatable bonds is 4. The van der Waals surface area contributed by atoms with Gasteiger partial charge in [0.15, 0.2) is 5.13 Å². The van der Waals surface area contributed by atoms with Crippen LogP contribution < -0.4 is 4.90 Å². The van der Waals surface area contributed by atoms with Gasteiger partial charge in [-0.25, -0.2) is 4.98 Å². The first-order valence-corrected chi connectivity index (χ1v) is 12.4. The number of hydrogen-bond donors (Lipinski definition) is 0. The number of ether oxygens (including phenoxy) is 1. The zero-order valence-electron chi connectivity index (χ0n) is 18.1. The Kier molecular flexibility index (Phi) is 4.81. The van der Waals surface area contributed by atoms with Crippen molar-refractivity contribution in [3.05, 3.63) is 46.5 Å². The third-order valence-electron chi connectivity index (χ3n) is 7.87. The zero-order chi connectivity index (χ0) is 21.0. The van der Waals surface area contributed by atoms with Crippen molar-refractivity contribution in [3.63, 3.8) is 0 Å². The number of aryl methyl sites for hydroxylation is 1. The summed E-state index contributed by atoms with van der Waals surface area (Å²) < 4.78 is 5.49. The van der Waals surface area contributed by atoms with Crippen molar-refractivity contribution in [2.24, 2.45) is 5.92 Å². The Balaban J connectivity index is 1.23. The molecule has 0 radical (unpaired) electrons. The molecule has 0 bridgehead atoms. The fourth-order valence-electron chi connectivity index (χ4n) is 6.31. The van der Waals surface area contributed by atoms with Crippen LogP contribution in [0.2, 0.25) is 0 Å². The van der Waals surface area contributed by atoms with Crippen LogP contribution in [-0.4, -0.2) is 65.6 Å². The molecule has 31 heavy (non-hydrogen) atoms. The highest BCUT2D eigenvalue weighted by Crippen LogP contribution is 2.57. The summed E-state index contributed by atoms with van der Waals surface area (Å²) in [5.74, 6) is 0.782. The van der Waals surface area contributed by atoms with E-state index in [-0.39, 0.29) is 5.54 Å². The molecule has 164 valence electrons. The summed E-state index contributed by atoms with van der Waals surface area (Å²) in [5.41, 5.74) is 2.26. The van der Waals surface area contributed by atoms with Crippen LogP contribution in [0, 0.1) is 12.8 Å². The topological polar surface area (TPSA) is 48.9 Å². The van der Waals surface area contributed by atoms with E-state index in [1.54, 1.807) is 0 Å². The predicted molar refractivity (Wildman–Crippen MR) is 121 cm³/mol. The van der Waals surface area contributed by atoms with E-state index < -0.39 is 0 Å². The molecule has 4 saturated heterocycles. The summed E-state index contributed by atoms with van der Waals surface area (Å²) in [7, 11) is 0. The Morgan fingerprint density at radius 3 is 2.90 bits per heavy atom. The molecule has 3 atom stereocenters. The van der Waals surface area contributed by atoms with E-state index in [0.717, 1.165) is 70.3 Å². The average molecular weight is 439 g/mol. The molecule has 6 nitrogen and oxygen atoms in total. The fourth-order valence-corrected chi connectivity index (χ4v) is 7.40. The number of anilines is 1. The first-order chi connectivity index (χ1) is 15.2. The lowest BCUT2D eigenvalue weighted by molar-refractivity contribution is -0.137. The maximum absolute atomic E-state index is 13.8. The van der Waals surface area contributed by atoms with Gasteiger partial charge < -0.3 is 14.5 Å². The number of amides is 1. The lowest BCUT2D eigenvalue weighted by Gasteiger charge is -2.33. The summed E-state index contributed by atoms with van der Waals surface area (Å²) in [4.78, 5) is 26.9. The van der Waals surface area contributed by atoms with E-state index >= 15 is 0 Å². The van der Waals surface area contributed by atoms with Crippen molar-refractivity contribution < 1.29 is 9.53 Å². The van der Waals surface area contributed by atoms with Gasteiger partial charge in [-0.2, -0.15) is 0 Å². The Labute approximate surface area is 187 Å². The molecule has 1 aromatic heterocycles. The summed E-state index contributed by atoms with van der Waals surface area (Å²) in [6.45, 7) is 8.18. The van der Waals surface area contributed by atoms with Gasteiger partial charge >= 0.3 is 0 Å². The van der Waals surface area contributed by atoms with Crippen molar-refractivity contribution in [1.82, 2.24) is 14.8 Å². The molecule has 7 heteroatoms. The number of benzene rings is 1. The number of carbonyl (C=O) groups is 1. The number of morpholine rings is 1. The lowest BCUT2D eigenvalue weighted by Crippen LogP contribution is -2.49. The summed E-state index contributed by atoms with van der Waals surface area (Å²) in [6, 6.07) is 8.79. The zero-order valence-corrected chi connectivity index (χ0v) is 18.9. The van der Waals surface area contributed by atoms with Gasteiger partial charge in [-0.15, -0.1) is 11.3 Å². The van der Waals surface area contributed by atoms with Crippen LogP contribution in [0.4, 0.5) is 5.13 Å². The van der Waals surface area contributed by atoms with Crippen LogP contribution >= 0.6 is 11.3 Å². The largest absolute Gasteiger partial charge is 0.378 e. The van der Waals surface area contributed by atoms with Crippen LogP contribution in [0.15, 0.2) is 30.5 Å². The monoisotopic (exact) mass is 438 g/mol. The molecule has 2 aromatic rings. The SMILES string of the molecule is Cc1ccccc1CN1C[C@@H]2C[C@@H](c3cnc(N4CCOCC4)s3)N3CCC[C@@]23C1=O.